The molecule has 13 heavy (non-hydrogen) atoms. The van der Waals surface area contributed by atoms with Crippen LogP contribution in [0, 0.1) is 11.8 Å². The Balaban J connectivity index is 2.58. The lowest BCUT2D eigenvalue weighted by molar-refractivity contribution is 0.551. The predicted molar refractivity (Wildman–Crippen MR) is 49.7 cm³/mol. The van der Waals surface area contributed by atoms with Crippen molar-refractivity contribution in [1.82, 2.24) is 15.2 Å². The van der Waals surface area contributed by atoms with Crippen molar-refractivity contribution in [2.45, 2.75) is 6.92 Å². The average Bonchev–Trinajstić information content (AvgIpc) is 2.53. The zero-order valence-corrected chi connectivity index (χ0v) is 7.76. The number of aromatic nitrogens is 3. The lowest BCUT2D eigenvalue weighted by Crippen LogP contribution is -1.84. The van der Waals surface area contributed by atoms with Crippen LogP contribution in [0.25, 0.3) is 11.5 Å². The summed E-state index contributed by atoms with van der Waals surface area (Å²) < 4.78 is 5.16. The second kappa shape index (κ2) is 3.10. The molecule has 0 aromatic carbocycles. The Morgan fingerprint density at radius 3 is 3.00 bits per heavy atom. The zero-order chi connectivity index (χ0) is 9.26. The lowest BCUT2D eigenvalue weighted by atomic mass is 10.2. The van der Waals surface area contributed by atoms with Crippen LogP contribution in [0.3, 0.4) is 0 Å². The summed E-state index contributed by atoms with van der Waals surface area (Å²) in [6.07, 6.45) is 3.42. The van der Waals surface area contributed by atoms with E-state index in [0.29, 0.717) is 5.89 Å². The molecule has 0 aliphatic heterocycles. The molecule has 2 aromatic rings. The van der Waals surface area contributed by atoms with Gasteiger partial charge in [-0.05, 0) is 30.8 Å². The van der Waals surface area contributed by atoms with E-state index in [1.807, 2.05) is 13.0 Å². The second-order valence-electron chi connectivity index (χ2n) is 2.61. The van der Waals surface area contributed by atoms with E-state index in [9.17, 15) is 0 Å². The van der Waals surface area contributed by atoms with Crippen LogP contribution in [0.1, 0.15) is 5.56 Å². The first kappa shape index (κ1) is 8.12. The molecule has 1 N–H and O–H groups in total. The number of aryl methyl sites for hydroxylation is 1. The Morgan fingerprint density at radius 2 is 2.38 bits per heavy atom. The maximum atomic E-state index is 5.16. The molecular formula is C8H7N3OS. The highest BCUT2D eigenvalue weighted by atomic mass is 32.1. The van der Waals surface area contributed by atoms with Gasteiger partial charge in [0.1, 0.15) is 0 Å². The molecule has 0 amide bonds. The highest BCUT2D eigenvalue weighted by molar-refractivity contribution is 7.71. The number of nitrogens with zero attached hydrogens (tertiary/aromatic N) is 2. The molecule has 2 aromatic heterocycles. The van der Waals surface area contributed by atoms with Gasteiger partial charge in [-0.3, -0.25) is 4.98 Å². The fraction of sp³-hybridized carbons (Fsp3) is 0.125. The Hall–Kier alpha value is -1.49. The molecule has 66 valence electrons. The summed E-state index contributed by atoms with van der Waals surface area (Å²) in [6.45, 7) is 1.96. The van der Waals surface area contributed by atoms with E-state index >= 15 is 0 Å². The first-order chi connectivity index (χ1) is 6.27. The summed E-state index contributed by atoms with van der Waals surface area (Å²) in [5.74, 6) is 0.482. The summed E-state index contributed by atoms with van der Waals surface area (Å²) in [5.41, 5.74) is 1.91. The second-order valence-corrected chi connectivity index (χ2v) is 2.98. The van der Waals surface area contributed by atoms with Crippen LogP contribution in [0.4, 0.5) is 0 Å². The number of hydrogen-bond acceptors (Lipinski definition) is 4. The Labute approximate surface area is 79.6 Å². The molecular weight excluding hydrogens is 186 g/mol. The van der Waals surface area contributed by atoms with Crippen molar-refractivity contribution in [3.05, 3.63) is 28.9 Å². The molecule has 0 spiro atoms. The highest BCUT2D eigenvalue weighted by Crippen LogP contribution is 2.18. The van der Waals surface area contributed by atoms with Gasteiger partial charge >= 0.3 is 0 Å². The lowest BCUT2D eigenvalue weighted by Gasteiger charge is -1.96. The van der Waals surface area contributed by atoms with E-state index in [0.717, 1.165) is 11.1 Å². The van der Waals surface area contributed by atoms with Crippen molar-refractivity contribution in [2.75, 3.05) is 0 Å². The standard InChI is InChI=1S/C8H7N3OS/c1-5-2-3-9-4-6(5)7-10-11-8(13)12-7/h2-4H,1H3,(H,11,13). The fourth-order valence-electron chi connectivity index (χ4n) is 1.03. The number of H-pyrrole nitrogens is 1. The topological polar surface area (TPSA) is 54.7 Å². The van der Waals surface area contributed by atoms with Gasteiger partial charge in [-0.2, -0.15) is 0 Å². The Kier molecular flexibility index (Phi) is 1.94. The average molecular weight is 193 g/mol. The van der Waals surface area contributed by atoms with E-state index < -0.39 is 0 Å². The third-order valence-electron chi connectivity index (χ3n) is 1.71. The molecule has 4 nitrogen and oxygen atoms in total. The minimum Gasteiger partial charge on any atom is -0.409 e. The minimum absolute atomic E-state index is 0.276. The first-order valence-corrected chi connectivity index (χ1v) is 4.14. The van der Waals surface area contributed by atoms with E-state index in [2.05, 4.69) is 15.2 Å². The molecule has 5 heteroatoms. The number of aromatic amines is 1. The Morgan fingerprint density at radius 1 is 1.54 bits per heavy atom. The third kappa shape index (κ3) is 1.50. The van der Waals surface area contributed by atoms with Gasteiger partial charge < -0.3 is 4.42 Å². The van der Waals surface area contributed by atoms with Crippen LogP contribution in [0.5, 0.6) is 0 Å². The maximum Gasteiger partial charge on any atom is 0.284 e. The summed E-state index contributed by atoms with van der Waals surface area (Å²) in [4.78, 5) is 4.26. The SMILES string of the molecule is Cc1ccncc1-c1n[nH]c(=S)o1. The quantitative estimate of drug-likeness (QED) is 0.705. The van der Waals surface area contributed by atoms with Crippen molar-refractivity contribution in [3.63, 3.8) is 0 Å². The van der Waals surface area contributed by atoms with Crippen LogP contribution in [0.15, 0.2) is 22.9 Å². The normalized spacial score (nSPS) is 10.2. The van der Waals surface area contributed by atoms with Gasteiger partial charge in [-0.15, -0.1) is 5.10 Å². The van der Waals surface area contributed by atoms with E-state index in [1.165, 1.54) is 0 Å². The van der Waals surface area contributed by atoms with Gasteiger partial charge in [0.15, 0.2) is 0 Å². The van der Waals surface area contributed by atoms with Crippen molar-refractivity contribution in [3.8, 4) is 11.5 Å². The molecule has 0 unspecified atom stereocenters. The molecule has 0 atom stereocenters. The van der Waals surface area contributed by atoms with Gasteiger partial charge in [-0.1, -0.05) is 0 Å². The Bertz CT molecular complexity index is 474. The molecule has 0 saturated heterocycles. The highest BCUT2D eigenvalue weighted by Gasteiger charge is 2.06. The van der Waals surface area contributed by atoms with Gasteiger partial charge in [-0.25, -0.2) is 5.10 Å². The third-order valence-corrected chi connectivity index (χ3v) is 1.88. The maximum absolute atomic E-state index is 5.16. The largest absolute Gasteiger partial charge is 0.409 e. The number of pyridine rings is 1. The van der Waals surface area contributed by atoms with Crippen LogP contribution < -0.4 is 0 Å². The zero-order valence-electron chi connectivity index (χ0n) is 6.94. The monoisotopic (exact) mass is 193 g/mol. The molecule has 0 saturated carbocycles. The van der Waals surface area contributed by atoms with Gasteiger partial charge in [0.2, 0.25) is 5.89 Å². The van der Waals surface area contributed by atoms with E-state index in [1.54, 1.807) is 12.4 Å². The van der Waals surface area contributed by atoms with Gasteiger partial charge in [0, 0.05) is 12.4 Å². The van der Waals surface area contributed by atoms with Gasteiger partial charge in [0.05, 0.1) is 5.56 Å². The predicted octanol–water partition coefficient (Wildman–Crippen LogP) is 2.10. The number of nitrogens with one attached hydrogen (secondary N) is 1. The van der Waals surface area contributed by atoms with Crippen LogP contribution >= 0.6 is 12.2 Å². The molecule has 2 heterocycles. The van der Waals surface area contributed by atoms with Crippen LogP contribution in [0.2, 0.25) is 0 Å². The molecule has 2 rings (SSSR count). The summed E-state index contributed by atoms with van der Waals surface area (Å²) in [6, 6.07) is 1.89. The smallest absolute Gasteiger partial charge is 0.284 e. The van der Waals surface area contributed by atoms with Crippen LogP contribution in [-0.2, 0) is 0 Å². The van der Waals surface area contributed by atoms with Crippen molar-refractivity contribution in [1.29, 1.82) is 0 Å². The molecule has 0 radical (unpaired) electrons. The van der Waals surface area contributed by atoms with Crippen molar-refractivity contribution < 1.29 is 4.42 Å². The number of rotatable bonds is 1. The summed E-state index contributed by atoms with van der Waals surface area (Å²) in [5, 5.41) is 6.48. The molecule has 0 bridgehead atoms. The minimum atomic E-state index is 0.276. The van der Waals surface area contributed by atoms with Crippen LogP contribution in [-0.4, -0.2) is 15.2 Å². The van der Waals surface area contributed by atoms with Crippen molar-refractivity contribution >= 4 is 12.2 Å². The fourth-order valence-corrected chi connectivity index (χ4v) is 1.16. The summed E-state index contributed by atoms with van der Waals surface area (Å²) >= 11 is 4.77. The molecule has 0 aliphatic carbocycles. The first-order valence-electron chi connectivity index (χ1n) is 3.74. The van der Waals surface area contributed by atoms with Gasteiger partial charge in [0.25, 0.3) is 4.84 Å². The van der Waals surface area contributed by atoms with E-state index in [-0.39, 0.29) is 4.84 Å². The molecule has 0 aliphatic rings. The van der Waals surface area contributed by atoms with E-state index in [4.69, 9.17) is 16.6 Å². The van der Waals surface area contributed by atoms with Crippen molar-refractivity contribution in [2.24, 2.45) is 0 Å². The molecule has 0 fully saturated rings. The summed E-state index contributed by atoms with van der Waals surface area (Å²) in [7, 11) is 0. The number of hydrogen-bond donors (Lipinski definition) is 1.